The Bertz CT molecular complexity index is 1010. The zero-order valence-electron chi connectivity index (χ0n) is 14.6. The molecular weight excluding hydrogens is 382 g/mol. The van der Waals surface area contributed by atoms with Crippen molar-refractivity contribution in [3.63, 3.8) is 0 Å². The number of amides is 1. The van der Waals surface area contributed by atoms with Gasteiger partial charge in [-0.2, -0.15) is 4.31 Å². The van der Waals surface area contributed by atoms with Crippen LogP contribution in [0.15, 0.2) is 26.2 Å². The maximum atomic E-state index is 13.1. The molecule has 0 atom stereocenters. The van der Waals surface area contributed by atoms with E-state index in [9.17, 15) is 18.0 Å². The summed E-state index contributed by atoms with van der Waals surface area (Å²) in [5, 5.41) is 0.0353. The van der Waals surface area contributed by atoms with Gasteiger partial charge in [-0.15, -0.1) is 0 Å². The van der Waals surface area contributed by atoms with Crippen LogP contribution >= 0.6 is 11.6 Å². The second-order valence-electron chi connectivity index (χ2n) is 6.13. The van der Waals surface area contributed by atoms with E-state index in [0.717, 1.165) is 0 Å². The van der Waals surface area contributed by atoms with Gasteiger partial charge in [0.25, 0.3) is 0 Å². The van der Waals surface area contributed by atoms with Gasteiger partial charge in [-0.1, -0.05) is 11.6 Å². The van der Waals surface area contributed by atoms with Crippen molar-refractivity contribution in [3.8, 4) is 0 Å². The van der Waals surface area contributed by atoms with E-state index in [1.165, 1.54) is 27.9 Å². The van der Waals surface area contributed by atoms with Gasteiger partial charge in [-0.25, -0.2) is 13.2 Å². The van der Waals surface area contributed by atoms with Gasteiger partial charge in [-0.05, 0) is 19.4 Å². The van der Waals surface area contributed by atoms with Gasteiger partial charge in [0.1, 0.15) is 4.90 Å². The van der Waals surface area contributed by atoms with E-state index < -0.39 is 15.8 Å². The molecule has 26 heavy (non-hydrogen) atoms. The summed E-state index contributed by atoms with van der Waals surface area (Å²) in [6.07, 6.45) is 0.542. The smallest absolute Gasteiger partial charge is 0.408 e. The number of carbonyl (C=O) groups excluding carboxylic acids is 1. The van der Waals surface area contributed by atoms with E-state index >= 15 is 0 Å². The highest BCUT2D eigenvalue weighted by atomic mass is 35.5. The Labute approximate surface area is 156 Å². The summed E-state index contributed by atoms with van der Waals surface area (Å²) in [7, 11) is -3.87. The zero-order chi connectivity index (χ0) is 19.1. The van der Waals surface area contributed by atoms with Crippen molar-refractivity contribution >= 4 is 38.6 Å². The number of fused-ring (bicyclic) bond motifs is 1. The van der Waals surface area contributed by atoms with Crippen LogP contribution < -0.4 is 5.76 Å². The maximum absolute atomic E-state index is 13.1. The van der Waals surface area contributed by atoms with Crippen LogP contribution in [0.1, 0.15) is 20.3 Å². The highest BCUT2D eigenvalue weighted by Crippen LogP contribution is 2.30. The minimum Gasteiger partial charge on any atom is -0.408 e. The molecule has 1 aromatic carbocycles. The van der Waals surface area contributed by atoms with Crippen LogP contribution in [0.5, 0.6) is 0 Å². The fourth-order valence-electron chi connectivity index (χ4n) is 3.15. The molecule has 2 aromatic rings. The van der Waals surface area contributed by atoms with Crippen molar-refractivity contribution in [2.45, 2.75) is 31.7 Å². The second kappa shape index (κ2) is 7.05. The van der Waals surface area contributed by atoms with Crippen LogP contribution in [-0.4, -0.2) is 54.3 Å². The molecule has 8 nitrogen and oxygen atoms in total. The molecule has 1 aliphatic rings. The molecule has 10 heteroatoms. The summed E-state index contributed by atoms with van der Waals surface area (Å²) in [5.41, 5.74) is 0.639. The first-order valence-corrected chi connectivity index (χ1v) is 10.2. The normalized spacial score (nSPS) is 16.8. The van der Waals surface area contributed by atoms with E-state index in [1.54, 1.807) is 11.8 Å². The molecule has 1 saturated heterocycles. The number of hydrogen-bond acceptors (Lipinski definition) is 5. The molecule has 0 spiro atoms. The first-order chi connectivity index (χ1) is 12.3. The fourth-order valence-corrected chi connectivity index (χ4v) is 5.13. The summed E-state index contributed by atoms with van der Waals surface area (Å²) in [4.78, 5) is 24.9. The summed E-state index contributed by atoms with van der Waals surface area (Å²) in [6, 6.07) is 2.74. The third-order valence-electron chi connectivity index (χ3n) is 4.56. The number of halogens is 1. The highest BCUT2D eigenvalue weighted by Gasteiger charge is 2.30. The van der Waals surface area contributed by atoms with Crippen LogP contribution in [-0.2, 0) is 21.4 Å². The second-order valence-corrected chi connectivity index (χ2v) is 8.44. The lowest BCUT2D eigenvalue weighted by molar-refractivity contribution is -0.128. The molecule has 0 saturated carbocycles. The Morgan fingerprint density at radius 1 is 1.23 bits per heavy atom. The minimum atomic E-state index is -3.87. The quantitative estimate of drug-likeness (QED) is 0.777. The van der Waals surface area contributed by atoms with Crippen LogP contribution in [0.3, 0.4) is 0 Å². The molecule has 0 N–H and O–H groups in total. The van der Waals surface area contributed by atoms with Crippen molar-refractivity contribution in [2.75, 3.05) is 26.2 Å². The fraction of sp³-hybridized carbons (Fsp3) is 0.500. The third-order valence-corrected chi connectivity index (χ3v) is 6.92. The Morgan fingerprint density at radius 2 is 1.96 bits per heavy atom. The van der Waals surface area contributed by atoms with Crippen LogP contribution in [0.2, 0.25) is 5.02 Å². The zero-order valence-corrected chi connectivity index (χ0v) is 16.1. The first kappa shape index (κ1) is 18.9. The largest absolute Gasteiger partial charge is 0.419 e. The van der Waals surface area contributed by atoms with E-state index in [-0.39, 0.29) is 28.0 Å². The Morgan fingerprint density at radius 3 is 2.62 bits per heavy atom. The first-order valence-electron chi connectivity index (χ1n) is 8.34. The molecule has 1 aliphatic heterocycles. The van der Waals surface area contributed by atoms with E-state index in [1.807, 2.05) is 0 Å². The predicted octanol–water partition coefficient (Wildman–Crippen LogP) is 1.51. The number of benzene rings is 1. The molecule has 0 aliphatic carbocycles. The molecule has 2 heterocycles. The SMILES string of the molecule is CCn1c(=O)oc2cc(S(=O)(=O)N3CCCN(C(C)=O)CC3)c(Cl)cc21. The third kappa shape index (κ3) is 3.26. The number of sulfonamides is 1. The van der Waals surface area contributed by atoms with Gasteiger partial charge >= 0.3 is 5.76 Å². The van der Waals surface area contributed by atoms with Crippen LogP contribution in [0, 0.1) is 0 Å². The van der Waals surface area contributed by atoms with Crippen molar-refractivity contribution in [1.29, 1.82) is 0 Å². The molecule has 1 aromatic heterocycles. The van der Waals surface area contributed by atoms with Crippen molar-refractivity contribution in [3.05, 3.63) is 27.7 Å². The summed E-state index contributed by atoms with van der Waals surface area (Å²) < 4.78 is 34.0. The summed E-state index contributed by atoms with van der Waals surface area (Å²) in [5.74, 6) is -0.633. The van der Waals surface area contributed by atoms with Gasteiger partial charge in [0.2, 0.25) is 15.9 Å². The Balaban J connectivity index is 2.00. The molecule has 0 unspecified atom stereocenters. The lowest BCUT2D eigenvalue weighted by Gasteiger charge is -2.21. The summed E-state index contributed by atoms with van der Waals surface area (Å²) >= 11 is 6.24. The molecule has 0 radical (unpaired) electrons. The standard InChI is InChI=1S/C16H20ClN3O5S/c1-3-20-13-9-12(17)15(10-14(13)25-16(20)22)26(23,24)19-6-4-5-18(7-8-19)11(2)21/h9-10H,3-8H2,1-2H3. The minimum absolute atomic E-state index is 0.0353. The monoisotopic (exact) mass is 401 g/mol. The lowest BCUT2D eigenvalue weighted by atomic mass is 10.3. The predicted molar refractivity (Wildman–Crippen MR) is 96.8 cm³/mol. The van der Waals surface area contributed by atoms with Crippen LogP contribution in [0.4, 0.5) is 0 Å². The number of hydrogen-bond donors (Lipinski definition) is 0. The number of rotatable bonds is 3. The molecule has 142 valence electrons. The van der Waals surface area contributed by atoms with Gasteiger partial charge < -0.3 is 9.32 Å². The highest BCUT2D eigenvalue weighted by molar-refractivity contribution is 7.89. The number of aromatic nitrogens is 1. The number of aryl methyl sites for hydroxylation is 1. The van der Waals surface area contributed by atoms with Crippen LogP contribution in [0.25, 0.3) is 11.1 Å². The van der Waals surface area contributed by atoms with Crippen molar-refractivity contribution in [1.82, 2.24) is 13.8 Å². The average molecular weight is 402 g/mol. The van der Waals surface area contributed by atoms with Crippen molar-refractivity contribution < 1.29 is 17.6 Å². The number of nitrogens with zero attached hydrogens (tertiary/aromatic N) is 3. The number of carbonyl (C=O) groups is 1. The van der Waals surface area contributed by atoms with Gasteiger partial charge in [-0.3, -0.25) is 9.36 Å². The molecule has 1 amide bonds. The maximum Gasteiger partial charge on any atom is 0.419 e. The Kier molecular flexibility index (Phi) is 5.14. The molecule has 1 fully saturated rings. The van der Waals surface area contributed by atoms with E-state index in [2.05, 4.69) is 0 Å². The van der Waals surface area contributed by atoms with E-state index in [0.29, 0.717) is 38.1 Å². The topological polar surface area (TPSA) is 92.8 Å². The molecule has 0 bridgehead atoms. The van der Waals surface area contributed by atoms with Gasteiger partial charge in [0, 0.05) is 45.7 Å². The number of oxazole rings is 1. The molecule has 3 rings (SSSR count). The van der Waals surface area contributed by atoms with E-state index in [4.69, 9.17) is 16.0 Å². The van der Waals surface area contributed by atoms with Gasteiger partial charge in [0.05, 0.1) is 10.5 Å². The van der Waals surface area contributed by atoms with Gasteiger partial charge in [0.15, 0.2) is 5.58 Å². The lowest BCUT2D eigenvalue weighted by Crippen LogP contribution is -2.36. The van der Waals surface area contributed by atoms with Crippen molar-refractivity contribution in [2.24, 2.45) is 0 Å². The summed E-state index contributed by atoms with van der Waals surface area (Å²) in [6.45, 7) is 4.97. The Hall–Kier alpha value is -1.84. The molecular formula is C16H20ClN3O5S. The average Bonchev–Trinajstić information content (AvgIpc) is 2.75.